The highest BCUT2D eigenvalue weighted by atomic mass is 16.2. The maximum atomic E-state index is 11.3. The summed E-state index contributed by atoms with van der Waals surface area (Å²) < 4.78 is 0. The fourth-order valence-corrected chi connectivity index (χ4v) is 1.09. The van der Waals surface area contributed by atoms with Crippen molar-refractivity contribution >= 4 is 11.8 Å². The third-order valence-electron chi connectivity index (χ3n) is 1.87. The number of carbonyl (C=O) groups is 2. The summed E-state index contributed by atoms with van der Waals surface area (Å²) in [5, 5.41) is 0. The second-order valence-electron chi connectivity index (χ2n) is 3.59. The smallest absolute Gasteiger partial charge is 0.237 e. The summed E-state index contributed by atoms with van der Waals surface area (Å²) >= 11 is 0. The van der Waals surface area contributed by atoms with Gasteiger partial charge in [0.25, 0.3) is 0 Å². The van der Waals surface area contributed by atoms with Crippen molar-refractivity contribution < 1.29 is 9.59 Å². The molecule has 82 valence electrons. The van der Waals surface area contributed by atoms with Gasteiger partial charge in [0.1, 0.15) is 0 Å². The van der Waals surface area contributed by atoms with Gasteiger partial charge in [-0.3, -0.25) is 9.59 Å². The normalized spacial score (nSPS) is 12.2. The van der Waals surface area contributed by atoms with Crippen molar-refractivity contribution in [1.29, 1.82) is 0 Å². The number of carbonyl (C=O) groups excluding carboxylic acids is 2. The summed E-state index contributed by atoms with van der Waals surface area (Å²) in [6, 6.07) is 0.115. The number of primary amides is 1. The lowest BCUT2D eigenvalue weighted by molar-refractivity contribution is -0.133. The van der Waals surface area contributed by atoms with E-state index in [-0.39, 0.29) is 18.5 Å². The second-order valence-corrected chi connectivity index (χ2v) is 3.59. The predicted octanol–water partition coefficient (Wildman–Crippen LogP) is -0.552. The van der Waals surface area contributed by atoms with Crippen molar-refractivity contribution in [3.63, 3.8) is 0 Å². The molecule has 0 heterocycles. The molecule has 0 spiro atoms. The van der Waals surface area contributed by atoms with E-state index in [4.69, 9.17) is 11.5 Å². The molecule has 1 atom stereocenters. The monoisotopic (exact) mass is 201 g/mol. The fraction of sp³-hybridized carbons (Fsp3) is 0.778. The van der Waals surface area contributed by atoms with E-state index in [1.165, 1.54) is 4.90 Å². The first-order chi connectivity index (χ1) is 6.43. The zero-order valence-corrected chi connectivity index (χ0v) is 8.82. The molecule has 0 saturated carbocycles. The van der Waals surface area contributed by atoms with E-state index in [0.29, 0.717) is 6.42 Å². The largest absolute Gasteiger partial charge is 0.368 e. The molecule has 14 heavy (non-hydrogen) atoms. The Morgan fingerprint density at radius 2 is 2.00 bits per heavy atom. The third kappa shape index (κ3) is 6.42. The van der Waals surface area contributed by atoms with Crippen LogP contribution < -0.4 is 11.5 Å². The predicted molar refractivity (Wildman–Crippen MR) is 54.3 cm³/mol. The van der Waals surface area contributed by atoms with Crippen molar-refractivity contribution in [2.24, 2.45) is 11.5 Å². The number of likely N-dealkylation sites (N-methyl/N-ethyl adjacent to an activating group) is 1. The highest BCUT2D eigenvalue weighted by molar-refractivity contribution is 5.83. The minimum absolute atomic E-state index is 0.0169. The van der Waals surface area contributed by atoms with Gasteiger partial charge in [-0.2, -0.15) is 0 Å². The van der Waals surface area contributed by atoms with Crippen molar-refractivity contribution in [3.05, 3.63) is 0 Å². The average molecular weight is 201 g/mol. The number of hydrogen-bond donors (Lipinski definition) is 2. The summed E-state index contributed by atoms with van der Waals surface area (Å²) in [6.45, 7) is 1.88. The average Bonchev–Trinajstić information content (AvgIpc) is 2.01. The van der Waals surface area contributed by atoms with Crippen LogP contribution in [0.15, 0.2) is 0 Å². The molecule has 0 bridgehead atoms. The number of nitrogens with zero attached hydrogens (tertiary/aromatic N) is 1. The van der Waals surface area contributed by atoms with Crippen molar-refractivity contribution in [2.45, 2.75) is 32.2 Å². The number of amides is 2. The second kappa shape index (κ2) is 6.37. The molecule has 4 N–H and O–H groups in total. The van der Waals surface area contributed by atoms with Gasteiger partial charge in [0, 0.05) is 19.5 Å². The summed E-state index contributed by atoms with van der Waals surface area (Å²) in [6.07, 6.45) is 1.99. The number of rotatable bonds is 6. The first-order valence-corrected chi connectivity index (χ1v) is 4.71. The lowest BCUT2D eigenvalue weighted by atomic mass is 10.1. The minimum atomic E-state index is -0.493. The van der Waals surface area contributed by atoms with Crippen molar-refractivity contribution in [1.82, 2.24) is 4.90 Å². The van der Waals surface area contributed by atoms with Crippen LogP contribution in [-0.4, -0.2) is 36.3 Å². The van der Waals surface area contributed by atoms with Crippen LogP contribution in [0.2, 0.25) is 0 Å². The molecular weight excluding hydrogens is 182 g/mol. The van der Waals surface area contributed by atoms with E-state index in [0.717, 1.165) is 12.8 Å². The summed E-state index contributed by atoms with van der Waals surface area (Å²) in [7, 11) is 1.57. The Morgan fingerprint density at radius 1 is 1.43 bits per heavy atom. The highest BCUT2D eigenvalue weighted by Crippen LogP contribution is 2.01. The summed E-state index contributed by atoms with van der Waals surface area (Å²) in [4.78, 5) is 23.2. The molecule has 0 aliphatic rings. The van der Waals surface area contributed by atoms with Crippen molar-refractivity contribution in [2.75, 3.05) is 13.6 Å². The molecule has 0 aromatic carbocycles. The summed E-state index contributed by atoms with van der Waals surface area (Å²) in [5.41, 5.74) is 10.5. The molecule has 1 unspecified atom stereocenters. The van der Waals surface area contributed by atoms with Gasteiger partial charge in [0.2, 0.25) is 11.8 Å². The van der Waals surface area contributed by atoms with Crippen LogP contribution in [0.5, 0.6) is 0 Å². The van der Waals surface area contributed by atoms with E-state index in [1.807, 2.05) is 6.92 Å². The molecule has 5 nitrogen and oxygen atoms in total. The lowest BCUT2D eigenvalue weighted by Gasteiger charge is -2.15. The van der Waals surface area contributed by atoms with E-state index < -0.39 is 5.91 Å². The third-order valence-corrected chi connectivity index (χ3v) is 1.87. The zero-order valence-electron chi connectivity index (χ0n) is 8.82. The highest BCUT2D eigenvalue weighted by Gasteiger charge is 2.10. The van der Waals surface area contributed by atoms with Gasteiger partial charge in [0.15, 0.2) is 0 Å². The van der Waals surface area contributed by atoms with Gasteiger partial charge < -0.3 is 16.4 Å². The van der Waals surface area contributed by atoms with Gasteiger partial charge in [-0.1, -0.05) is 0 Å². The molecule has 0 aromatic rings. The quantitative estimate of drug-likeness (QED) is 0.604. The van der Waals surface area contributed by atoms with Gasteiger partial charge in [-0.15, -0.1) is 0 Å². The SMILES string of the molecule is CC(N)CCCC(=O)N(C)CC(N)=O. The van der Waals surface area contributed by atoms with Gasteiger partial charge in [-0.25, -0.2) is 0 Å². The molecule has 0 aliphatic heterocycles. The molecule has 0 fully saturated rings. The molecule has 0 aliphatic carbocycles. The first kappa shape index (κ1) is 12.9. The standard InChI is InChI=1S/C9H19N3O2/c1-7(10)4-3-5-9(14)12(2)6-8(11)13/h7H,3-6,10H2,1-2H3,(H2,11,13). The Morgan fingerprint density at radius 3 is 2.43 bits per heavy atom. The zero-order chi connectivity index (χ0) is 11.1. The molecule has 0 rings (SSSR count). The molecular formula is C9H19N3O2. The maximum Gasteiger partial charge on any atom is 0.237 e. The summed E-state index contributed by atoms with van der Waals surface area (Å²) in [5.74, 6) is -0.558. The minimum Gasteiger partial charge on any atom is -0.368 e. The Balaban J connectivity index is 3.67. The first-order valence-electron chi connectivity index (χ1n) is 4.71. The molecule has 0 aromatic heterocycles. The van der Waals surface area contributed by atoms with E-state index >= 15 is 0 Å². The molecule has 2 amide bonds. The van der Waals surface area contributed by atoms with Crippen LogP contribution in [-0.2, 0) is 9.59 Å². The van der Waals surface area contributed by atoms with Crippen LogP contribution in [0.1, 0.15) is 26.2 Å². The van der Waals surface area contributed by atoms with Gasteiger partial charge in [-0.05, 0) is 19.8 Å². The topological polar surface area (TPSA) is 89.4 Å². The Bertz CT molecular complexity index is 204. The van der Waals surface area contributed by atoms with Crippen molar-refractivity contribution in [3.8, 4) is 0 Å². The van der Waals surface area contributed by atoms with Crippen LogP contribution >= 0.6 is 0 Å². The fourth-order valence-electron chi connectivity index (χ4n) is 1.09. The van der Waals surface area contributed by atoms with Gasteiger partial charge >= 0.3 is 0 Å². The molecule has 0 saturated heterocycles. The van der Waals surface area contributed by atoms with Crippen LogP contribution in [0.25, 0.3) is 0 Å². The Kier molecular flexibility index (Phi) is 5.87. The van der Waals surface area contributed by atoms with Crippen LogP contribution in [0, 0.1) is 0 Å². The van der Waals surface area contributed by atoms with E-state index in [2.05, 4.69) is 0 Å². The molecule has 0 radical (unpaired) electrons. The van der Waals surface area contributed by atoms with Crippen LogP contribution in [0.3, 0.4) is 0 Å². The number of nitrogens with two attached hydrogens (primary N) is 2. The number of hydrogen-bond acceptors (Lipinski definition) is 3. The Labute approximate surface area is 84.4 Å². The van der Waals surface area contributed by atoms with E-state index in [9.17, 15) is 9.59 Å². The Hall–Kier alpha value is -1.10. The van der Waals surface area contributed by atoms with Gasteiger partial charge in [0.05, 0.1) is 6.54 Å². The molecule has 5 heteroatoms. The lowest BCUT2D eigenvalue weighted by Crippen LogP contribution is -2.35. The maximum absolute atomic E-state index is 11.3. The van der Waals surface area contributed by atoms with E-state index in [1.54, 1.807) is 7.05 Å². The van der Waals surface area contributed by atoms with Crippen LogP contribution in [0.4, 0.5) is 0 Å².